The first-order chi connectivity index (χ1) is 5.65. The monoisotopic (exact) mass is 219 g/mol. The van der Waals surface area contributed by atoms with Gasteiger partial charge in [-0.15, -0.1) is 0 Å². The molecule has 0 aliphatic rings. The van der Waals surface area contributed by atoms with Crippen molar-refractivity contribution < 1.29 is 5.11 Å². The molecule has 0 saturated carbocycles. The van der Waals surface area contributed by atoms with Crippen LogP contribution < -0.4 is 0 Å². The summed E-state index contributed by atoms with van der Waals surface area (Å²) in [5.74, 6) is -0.152. The van der Waals surface area contributed by atoms with Crippen LogP contribution in [0.1, 0.15) is 0 Å². The lowest BCUT2D eigenvalue weighted by Gasteiger charge is -2.00. The van der Waals surface area contributed by atoms with E-state index in [1.165, 1.54) is 12.1 Å². The number of aromatic hydroxyl groups is 1. The van der Waals surface area contributed by atoms with E-state index in [9.17, 15) is 0 Å². The second-order valence-corrected chi connectivity index (χ2v) is 3.60. The van der Waals surface area contributed by atoms with E-state index < -0.39 is 0 Å². The molecule has 0 atom stereocenters. The third-order valence-corrected chi connectivity index (χ3v) is 2.29. The number of halogens is 2. The quantitative estimate of drug-likeness (QED) is 0.583. The predicted molar refractivity (Wildman–Crippen MR) is 49.6 cm³/mol. The molecule has 0 bridgehead atoms. The van der Waals surface area contributed by atoms with E-state index >= 15 is 0 Å². The molecule has 1 aromatic rings. The van der Waals surface area contributed by atoms with Gasteiger partial charge in [0.25, 0.3) is 0 Å². The zero-order valence-corrected chi connectivity index (χ0v) is 8.04. The van der Waals surface area contributed by atoms with E-state index in [2.05, 4.69) is 0 Å². The lowest BCUT2D eigenvalue weighted by atomic mass is 10.3. The number of hydrogen-bond acceptors (Lipinski definition) is 3. The SMILES string of the molecule is N#CSc1cc(Cl)c(O)c(Cl)c1. The van der Waals surface area contributed by atoms with Crippen molar-refractivity contribution in [3.8, 4) is 11.2 Å². The van der Waals surface area contributed by atoms with Gasteiger partial charge in [-0.2, -0.15) is 5.26 Å². The first-order valence-electron chi connectivity index (χ1n) is 2.89. The maximum absolute atomic E-state index is 9.14. The van der Waals surface area contributed by atoms with Crippen molar-refractivity contribution >= 4 is 35.0 Å². The fourth-order valence-electron chi connectivity index (χ4n) is 0.654. The Labute approximate surface area is 83.7 Å². The van der Waals surface area contributed by atoms with Crippen LogP contribution in [0.25, 0.3) is 0 Å². The van der Waals surface area contributed by atoms with Crippen molar-refractivity contribution in [2.24, 2.45) is 0 Å². The number of rotatable bonds is 1. The molecule has 62 valence electrons. The molecule has 1 aromatic carbocycles. The summed E-state index contributed by atoms with van der Waals surface area (Å²) in [6.07, 6.45) is 0. The molecule has 2 nitrogen and oxygen atoms in total. The van der Waals surface area contributed by atoms with Gasteiger partial charge in [0.15, 0.2) is 5.75 Å². The first-order valence-corrected chi connectivity index (χ1v) is 4.46. The number of phenols is 1. The minimum Gasteiger partial charge on any atom is -0.505 e. The molecule has 0 heterocycles. The molecule has 5 heteroatoms. The Hall–Kier alpha value is -0.560. The summed E-state index contributed by atoms with van der Waals surface area (Å²) in [6.45, 7) is 0. The Balaban J connectivity index is 3.14. The van der Waals surface area contributed by atoms with Crippen LogP contribution in [-0.2, 0) is 0 Å². The van der Waals surface area contributed by atoms with Gasteiger partial charge in [0, 0.05) is 4.90 Å². The standard InChI is InChI=1S/C7H3Cl2NOS/c8-5-1-4(12-3-10)2-6(9)7(5)11/h1-2,11H. The highest BCUT2D eigenvalue weighted by atomic mass is 35.5. The number of nitriles is 1. The fraction of sp³-hybridized carbons (Fsp3) is 0. The van der Waals surface area contributed by atoms with Gasteiger partial charge >= 0.3 is 0 Å². The van der Waals surface area contributed by atoms with Gasteiger partial charge in [-0.1, -0.05) is 23.2 Å². The van der Waals surface area contributed by atoms with Gasteiger partial charge < -0.3 is 5.11 Å². The summed E-state index contributed by atoms with van der Waals surface area (Å²) in [5.41, 5.74) is 0. The van der Waals surface area contributed by atoms with E-state index in [4.69, 9.17) is 33.6 Å². The first kappa shape index (κ1) is 9.53. The van der Waals surface area contributed by atoms with Gasteiger partial charge in [-0.25, -0.2) is 0 Å². The van der Waals surface area contributed by atoms with E-state index in [-0.39, 0.29) is 15.8 Å². The fourth-order valence-corrected chi connectivity index (χ4v) is 1.73. The second-order valence-electron chi connectivity index (χ2n) is 1.93. The average molecular weight is 220 g/mol. The predicted octanol–water partition coefficient (Wildman–Crippen LogP) is 3.27. The van der Waals surface area contributed by atoms with E-state index in [0.29, 0.717) is 4.90 Å². The molecule has 0 aliphatic carbocycles. The molecule has 0 saturated heterocycles. The molecule has 0 unspecified atom stereocenters. The second kappa shape index (κ2) is 3.90. The Morgan fingerprint density at radius 3 is 2.25 bits per heavy atom. The van der Waals surface area contributed by atoms with Crippen molar-refractivity contribution in [1.29, 1.82) is 5.26 Å². The largest absolute Gasteiger partial charge is 0.505 e. The topological polar surface area (TPSA) is 44.0 Å². The maximum atomic E-state index is 9.14. The van der Waals surface area contributed by atoms with Crippen LogP contribution in [0.5, 0.6) is 5.75 Å². The third kappa shape index (κ3) is 1.98. The summed E-state index contributed by atoms with van der Waals surface area (Å²) in [5, 5.41) is 19.7. The Bertz CT molecular complexity index is 325. The minimum absolute atomic E-state index is 0.152. The maximum Gasteiger partial charge on any atom is 0.152 e. The smallest absolute Gasteiger partial charge is 0.152 e. The Morgan fingerprint density at radius 1 is 1.33 bits per heavy atom. The van der Waals surface area contributed by atoms with Crippen LogP contribution in [0, 0.1) is 10.7 Å². The highest BCUT2D eigenvalue weighted by molar-refractivity contribution is 8.03. The Kier molecular flexibility index (Phi) is 3.10. The number of nitrogens with zero attached hydrogens (tertiary/aromatic N) is 1. The van der Waals surface area contributed by atoms with E-state index in [1.54, 1.807) is 0 Å². The number of thioether (sulfide) groups is 1. The van der Waals surface area contributed by atoms with Crippen LogP contribution in [-0.4, -0.2) is 5.11 Å². The number of benzene rings is 1. The van der Waals surface area contributed by atoms with E-state index in [0.717, 1.165) is 11.8 Å². The summed E-state index contributed by atoms with van der Waals surface area (Å²) < 4.78 is 0. The normalized spacial score (nSPS) is 9.42. The van der Waals surface area contributed by atoms with Crippen LogP contribution in [0.4, 0.5) is 0 Å². The van der Waals surface area contributed by atoms with E-state index in [1.807, 2.05) is 5.40 Å². The highest BCUT2D eigenvalue weighted by Crippen LogP contribution is 2.35. The van der Waals surface area contributed by atoms with Gasteiger partial charge in [0.05, 0.1) is 10.0 Å². The van der Waals surface area contributed by atoms with Gasteiger partial charge in [-0.3, -0.25) is 0 Å². The summed E-state index contributed by atoms with van der Waals surface area (Å²) in [4.78, 5) is 0.616. The minimum atomic E-state index is -0.152. The van der Waals surface area contributed by atoms with Crippen LogP contribution in [0.3, 0.4) is 0 Å². The zero-order chi connectivity index (χ0) is 9.14. The molecule has 0 aromatic heterocycles. The molecule has 0 spiro atoms. The molecule has 0 fully saturated rings. The molecule has 1 N–H and O–H groups in total. The van der Waals surface area contributed by atoms with Crippen molar-refractivity contribution in [3.63, 3.8) is 0 Å². The number of hydrogen-bond donors (Lipinski definition) is 1. The van der Waals surface area contributed by atoms with Crippen molar-refractivity contribution in [3.05, 3.63) is 22.2 Å². The van der Waals surface area contributed by atoms with Crippen molar-refractivity contribution in [2.75, 3.05) is 0 Å². The molecule has 0 radical (unpaired) electrons. The van der Waals surface area contributed by atoms with Gasteiger partial charge in [0.1, 0.15) is 5.40 Å². The number of thiocyanates is 1. The van der Waals surface area contributed by atoms with Gasteiger partial charge in [-0.05, 0) is 23.9 Å². The zero-order valence-electron chi connectivity index (χ0n) is 5.71. The van der Waals surface area contributed by atoms with Crippen molar-refractivity contribution in [1.82, 2.24) is 0 Å². The lowest BCUT2D eigenvalue weighted by molar-refractivity contribution is 0.475. The average Bonchev–Trinajstić information content (AvgIpc) is 2.01. The Morgan fingerprint density at radius 2 is 1.83 bits per heavy atom. The van der Waals surface area contributed by atoms with Crippen molar-refractivity contribution in [2.45, 2.75) is 4.90 Å². The molecule has 0 amide bonds. The van der Waals surface area contributed by atoms with Crippen LogP contribution in [0.15, 0.2) is 17.0 Å². The molecule has 0 aliphatic heterocycles. The molecular formula is C7H3Cl2NOS. The summed E-state index contributed by atoms with van der Waals surface area (Å²) in [7, 11) is 0. The number of phenolic OH excluding ortho intramolecular Hbond substituents is 1. The lowest BCUT2D eigenvalue weighted by Crippen LogP contribution is -1.74. The summed E-state index contributed by atoms with van der Waals surface area (Å²) >= 11 is 12.1. The third-order valence-electron chi connectivity index (χ3n) is 1.15. The molecule has 1 rings (SSSR count). The van der Waals surface area contributed by atoms with Crippen LogP contribution >= 0.6 is 35.0 Å². The summed E-state index contributed by atoms with van der Waals surface area (Å²) in [6, 6.07) is 2.97. The van der Waals surface area contributed by atoms with Crippen LogP contribution in [0.2, 0.25) is 10.0 Å². The van der Waals surface area contributed by atoms with Gasteiger partial charge in [0.2, 0.25) is 0 Å². The molecular weight excluding hydrogens is 217 g/mol. The highest BCUT2D eigenvalue weighted by Gasteiger charge is 2.06. The molecule has 12 heavy (non-hydrogen) atoms.